The predicted molar refractivity (Wildman–Crippen MR) is 113 cm³/mol. The van der Waals surface area contributed by atoms with E-state index in [1.165, 1.54) is 12.1 Å². The highest BCUT2D eigenvalue weighted by atomic mass is 19.1. The van der Waals surface area contributed by atoms with Crippen LogP contribution in [0.1, 0.15) is 64.5 Å². The number of hydrogen-bond donors (Lipinski definition) is 1. The first-order valence-electron chi connectivity index (χ1n) is 10.4. The van der Waals surface area contributed by atoms with E-state index >= 15 is 0 Å². The molecular weight excluding hydrogens is 353 g/mol. The van der Waals surface area contributed by atoms with Gasteiger partial charge in [0.1, 0.15) is 11.9 Å². The Morgan fingerprint density at radius 2 is 1.57 bits per heavy atom. The maximum atomic E-state index is 13.2. The minimum absolute atomic E-state index is 0.0892. The quantitative estimate of drug-likeness (QED) is 0.448. The van der Waals surface area contributed by atoms with Gasteiger partial charge >= 0.3 is 5.97 Å². The number of rotatable bonds is 11. The van der Waals surface area contributed by atoms with Gasteiger partial charge in [0.2, 0.25) is 0 Å². The van der Waals surface area contributed by atoms with Crippen LogP contribution in [-0.4, -0.2) is 12.1 Å². The van der Waals surface area contributed by atoms with E-state index in [-0.39, 0.29) is 17.9 Å². The molecule has 0 heterocycles. The van der Waals surface area contributed by atoms with E-state index in [9.17, 15) is 9.18 Å². The summed E-state index contributed by atoms with van der Waals surface area (Å²) in [4.78, 5) is 13.1. The lowest BCUT2D eigenvalue weighted by atomic mass is 9.91. The Morgan fingerprint density at radius 3 is 2.11 bits per heavy atom. The summed E-state index contributed by atoms with van der Waals surface area (Å²) in [6, 6.07) is 14.9. The zero-order valence-electron chi connectivity index (χ0n) is 17.2. The molecule has 0 aliphatic carbocycles. The second-order valence-corrected chi connectivity index (χ2v) is 7.22. The molecule has 28 heavy (non-hydrogen) atoms. The van der Waals surface area contributed by atoms with Crippen LogP contribution >= 0.6 is 0 Å². The Balaban J connectivity index is 2.21. The molecule has 0 amide bonds. The molecule has 0 spiro atoms. The van der Waals surface area contributed by atoms with Crippen molar-refractivity contribution in [1.82, 2.24) is 0 Å². The number of nitrogens with one attached hydrogen (secondary N) is 1. The van der Waals surface area contributed by atoms with Crippen molar-refractivity contribution in [3.8, 4) is 0 Å². The lowest BCUT2D eigenvalue weighted by Gasteiger charge is -2.28. The van der Waals surface area contributed by atoms with Crippen molar-refractivity contribution in [3.05, 3.63) is 66.0 Å². The molecule has 0 aliphatic heterocycles. The number of benzene rings is 2. The lowest BCUT2D eigenvalue weighted by Crippen LogP contribution is -2.31. The van der Waals surface area contributed by atoms with Crippen molar-refractivity contribution in [1.29, 1.82) is 0 Å². The molecule has 1 unspecified atom stereocenters. The topological polar surface area (TPSA) is 38.3 Å². The zero-order chi connectivity index (χ0) is 20.4. The Hall–Kier alpha value is -2.36. The summed E-state index contributed by atoms with van der Waals surface area (Å²) in [5.74, 6) is -0.219. The van der Waals surface area contributed by atoms with Crippen LogP contribution in [0.15, 0.2) is 54.6 Å². The van der Waals surface area contributed by atoms with Crippen molar-refractivity contribution in [3.63, 3.8) is 0 Å². The molecule has 0 fully saturated rings. The summed E-state index contributed by atoms with van der Waals surface area (Å²) in [5, 5.41) is 3.21. The maximum Gasteiger partial charge on any atom is 0.333 e. The monoisotopic (exact) mass is 385 g/mol. The zero-order valence-corrected chi connectivity index (χ0v) is 17.2. The van der Waals surface area contributed by atoms with Crippen molar-refractivity contribution in [2.75, 3.05) is 5.32 Å². The van der Waals surface area contributed by atoms with E-state index in [1.807, 2.05) is 30.3 Å². The number of halogens is 1. The summed E-state index contributed by atoms with van der Waals surface area (Å²) in [6.45, 7) is 6.40. The van der Waals surface area contributed by atoms with Gasteiger partial charge in [0.15, 0.2) is 6.04 Å². The fourth-order valence-corrected chi connectivity index (χ4v) is 3.62. The highest BCUT2D eigenvalue weighted by Crippen LogP contribution is 2.27. The van der Waals surface area contributed by atoms with Gasteiger partial charge in [-0.1, -0.05) is 63.9 Å². The van der Waals surface area contributed by atoms with Crippen LogP contribution in [0.25, 0.3) is 0 Å². The highest BCUT2D eigenvalue weighted by molar-refractivity contribution is 5.81. The van der Waals surface area contributed by atoms with E-state index in [1.54, 1.807) is 12.1 Å². The molecule has 2 atom stereocenters. The molecule has 1 N–H and O–H groups in total. The summed E-state index contributed by atoms with van der Waals surface area (Å²) >= 11 is 0. The van der Waals surface area contributed by atoms with Crippen LogP contribution in [0.5, 0.6) is 0 Å². The Morgan fingerprint density at radius 1 is 0.964 bits per heavy atom. The first-order chi connectivity index (χ1) is 13.6. The fraction of sp³-hybridized carbons (Fsp3) is 0.458. The van der Waals surface area contributed by atoms with Crippen LogP contribution in [0.2, 0.25) is 0 Å². The predicted octanol–water partition coefficient (Wildman–Crippen LogP) is 6.52. The average molecular weight is 386 g/mol. The molecule has 0 saturated carbocycles. The molecule has 0 saturated heterocycles. The molecule has 2 rings (SSSR count). The number of carbonyl (C=O) groups excluding carboxylic acids is 1. The van der Waals surface area contributed by atoms with Crippen LogP contribution < -0.4 is 5.32 Å². The molecule has 2 aromatic rings. The van der Waals surface area contributed by atoms with Gasteiger partial charge in [0.25, 0.3) is 0 Å². The van der Waals surface area contributed by atoms with Gasteiger partial charge in [0, 0.05) is 5.69 Å². The van der Waals surface area contributed by atoms with E-state index < -0.39 is 6.04 Å². The van der Waals surface area contributed by atoms with Crippen LogP contribution in [0.4, 0.5) is 10.1 Å². The van der Waals surface area contributed by atoms with E-state index in [0.717, 1.165) is 37.7 Å². The molecule has 4 heteroatoms. The van der Waals surface area contributed by atoms with Gasteiger partial charge in [-0.3, -0.25) is 0 Å². The Kier molecular flexibility index (Phi) is 8.99. The van der Waals surface area contributed by atoms with Crippen LogP contribution in [0.3, 0.4) is 0 Å². The number of anilines is 1. The normalized spacial score (nSPS) is 13.2. The maximum absolute atomic E-state index is 13.2. The summed E-state index contributed by atoms with van der Waals surface area (Å²) in [5.41, 5.74) is 1.51. The third kappa shape index (κ3) is 6.36. The second kappa shape index (κ2) is 11.5. The molecule has 2 aromatic carbocycles. The van der Waals surface area contributed by atoms with E-state index in [4.69, 9.17) is 4.74 Å². The first-order valence-corrected chi connectivity index (χ1v) is 10.4. The molecule has 0 aliphatic rings. The first kappa shape index (κ1) is 21.9. The Labute approximate surface area is 168 Å². The third-order valence-corrected chi connectivity index (χ3v) is 5.04. The van der Waals surface area contributed by atoms with E-state index in [0.29, 0.717) is 11.6 Å². The molecule has 0 aromatic heterocycles. The third-order valence-electron chi connectivity index (χ3n) is 5.04. The van der Waals surface area contributed by atoms with Crippen molar-refractivity contribution in [2.45, 2.75) is 65.0 Å². The summed E-state index contributed by atoms with van der Waals surface area (Å²) < 4.78 is 19.2. The second-order valence-electron chi connectivity index (χ2n) is 7.22. The molecular formula is C24H32FNO2. The highest BCUT2D eigenvalue weighted by Gasteiger charge is 2.28. The molecule has 0 radical (unpaired) electrons. The van der Waals surface area contributed by atoms with Crippen LogP contribution in [-0.2, 0) is 9.53 Å². The smallest absolute Gasteiger partial charge is 0.333 e. The van der Waals surface area contributed by atoms with Gasteiger partial charge in [-0.2, -0.15) is 0 Å². The van der Waals surface area contributed by atoms with Gasteiger partial charge < -0.3 is 10.1 Å². The average Bonchev–Trinajstić information content (AvgIpc) is 2.72. The molecule has 0 bridgehead atoms. The van der Waals surface area contributed by atoms with Crippen molar-refractivity contribution in [2.24, 2.45) is 5.92 Å². The van der Waals surface area contributed by atoms with Crippen molar-refractivity contribution >= 4 is 11.7 Å². The van der Waals surface area contributed by atoms with E-state index in [2.05, 4.69) is 26.1 Å². The fourth-order valence-electron chi connectivity index (χ4n) is 3.62. The summed E-state index contributed by atoms with van der Waals surface area (Å²) in [7, 11) is 0. The number of esters is 1. The minimum atomic E-state index is -0.635. The van der Waals surface area contributed by atoms with Gasteiger partial charge in [-0.15, -0.1) is 0 Å². The minimum Gasteiger partial charge on any atom is -0.460 e. The summed E-state index contributed by atoms with van der Waals surface area (Å²) in [6.07, 6.45) is 4.98. The lowest BCUT2D eigenvalue weighted by molar-refractivity contribution is -0.153. The van der Waals surface area contributed by atoms with Gasteiger partial charge in [0.05, 0.1) is 0 Å². The molecule has 152 valence electrons. The van der Waals surface area contributed by atoms with Crippen LogP contribution in [0, 0.1) is 11.7 Å². The largest absolute Gasteiger partial charge is 0.460 e. The molecule has 3 nitrogen and oxygen atoms in total. The number of hydrogen-bond acceptors (Lipinski definition) is 3. The van der Waals surface area contributed by atoms with Crippen molar-refractivity contribution < 1.29 is 13.9 Å². The SMILES string of the molecule is CCCC(CCC)[C@H](CC)OC(=O)C(Nc1ccc(F)cc1)c1ccccc1. The standard InChI is InChI=1S/C24H32FNO2/c1-4-10-18(11-5-2)22(6-3)28-24(27)23(19-12-8-7-9-13-19)26-21-16-14-20(25)15-17-21/h7-9,12-18,22-23,26H,4-6,10-11H2,1-3H3/t22-,23?/m0/s1. The van der Waals surface area contributed by atoms with Gasteiger partial charge in [-0.25, -0.2) is 9.18 Å². The van der Waals surface area contributed by atoms with Gasteiger partial charge in [-0.05, 0) is 55.0 Å². The Bertz CT molecular complexity index is 696. The number of ether oxygens (including phenoxy) is 1. The number of carbonyl (C=O) groups is 1.